The maximum atomic E-state index is 12.7. The van der Waals surface area contributed by atoms with Gasteiger partial charge in [-0.25, -0.2) is 0 Å². The van der Waals surface area contributed by atoms with Crippen LogP contribution in [0.3, 0.4) is 0 Å². The van der Waals surface area contributed by atoms with Gasteiger partial charge in [0.25, 0.3) is 10.1 Å². The van der Waals surface area contributed by atoms with Gasteiger partial charge in [-0.1, -0.05) is 30.3 Å². The van der Waals surface area contributed by atoms with Crippen LogP contribution in [0.25, 0.3) is 0 Å². The first-order valence-corrected chi connectivity index (χ1v) is 9.46. The minimum atomic E-state index is -3.71. The van der Waals surface area contributed by atoms with Crippen LogP contribution in [-0.2, 0) is 35.0 Å². The summed E-state index contributed by atoms with van der Waals surface area (Å²) in [6.07, 6.45) is 2.22. The molecular formula is C17H20O6S. The summed E-state index contributed by atoms with van der Waals surface area (Å²) in [5.74, 6) is -1.28. The van der Waals surface area contributed by atoms with Gasteiger partial charge in [-0.2, -0.15) is 8.42 Å². The molecule has 1 saturated heterocycles. The Morgan fingerprint density at radius 2 is 1.88 bits per heavy atom. The molecule has 0 saturated carbocycles. The SMILES string of the molecule is CC1(C)O[C@H]2[C@H](OS(C)(=O)=O)C=CC(=O)[C@@]2(Cc2ccccc2)O1. The van der Waals surface area contributed by atoms with E-state index in [1.54, 1.807) is 13.8 Å². The third-order valence-corrected chi connectivity index (χ3v) is 4.62. The van der Waals surface area contributed by atoms with Crippen molar-refractivity contribution in [3.63, 3.8) is 0 Å². The van der Waals surface area contributed by atoms with Gasteiger partial charge in [0, 0.05) is 6.42 Å². The van der Waals surface area contributed by atoms with Crippen LogP contribution in [0, 0.1) is 0 Å². The highest BCUT2D eigenvalue weighted by molar-refractivity contribution is 7.86. The van der Waals surface area contributed by atoms with E-state index in [2.05, 4.69) is 0 Å². The van der Waals surface area contributed by atoms with Crippen molar-refractivity contribution in [1.29, 1.82) is 0 Å². The summed E-state index contributed by atoms with van der Waals surface area (Å²) in [5, 5.41) is 0. The minimum Gasteiger partial charge on any atom is -0.341 e. The van der Waals surface area contributed by atoms with Crippen LogP contribution >= 0.6 is 0 Å². The fourth-order valence-electron chi connectivity index (χ4n) is 3.28. The Kier molecular flexibility index (Phi) is 4.16. The summed E-state index contributed by atoms with van der Waals surface area (Å²) in [6, 6.07) is 9.40. The van der Waals surface area contributed by atoms with E-state index < -0.39 is 33.7 Å². The summed E-state index contributed by atoms with van der Waals surface area (Å²) < 4.78 is 40.1. The van der Waals surface area contributed by atoms with Crippen molar-refractivity contribution >= 4 is 15.9 Å². The summed E-state index contributed by atoms with van der Waals surface area (Å²) in [7, 11) is -3.71. The molecule has 1 fully saturated rings. The van der Waals surface area contributed by atoms with Crippen molar-refractivity contribution in [2.24, 2.45) is 0 Å². The van der Waals surface area contributed by atoms with E-state index in [4.69, 9.17) is 13.7 Å². The molecule has 0 aromatic heterocycles. The monoisotopic (exact) mass is 352 g/mol. The van der Waals surface area contributed by atoms with Crippen molar-refractivity contribution in [3.8, 4) is 0 Å². The fourth-order valence-corrected chi connectivity index (χ4v) is 3.84. The molecule has 3 atom stereocenters. The van der Waals surface area contributed by atoms with Crippen LogP contribution in [0.4, 0.5) is 0 Å². The molecule has 130 valence electrons. The highest BCUT2D eigenvalue weighted by Gasteiger charge is 2.61. The van der Waals surface area contributed by atoms with Crippen LogP contribution in [-0.4, -0.2) is 44.1 Å². The van der Waals surface area contributed by atoms with Gasteiger partial charge in [-0.3, -0.25) is 8.98 Å². The van der Waals surface area contributed by atoms with E-state index in [0.29, 0.717) is 0 Å². The zero-order valence-electron chi connectivity index (χ0n) is 13.8. The third-order valence-electron chi connectivity index (χ3n) is 4.05. The normalized spacial score (nSPS) is 31.9. The molecule has 1 aliphatic heterocycles. The largest absolute Gasteiger partial charge is 0.341 e. The van der Waals surface area contributed by atoms with Gasteiger partial charge in [0.05, 0.1) is 6.26 Å². The topological polar surface area (TPSA) is 78.9 Å². The average Bonchev–Trinajstić information content (AvgIpc) is 2.75. The molecule has 6 nitrogen and oxygen atoms in total. The Balaban J connectivity index is 2.02. The molecule has 7 heteroatoms. The number of benzene rings is 1. The number of ketones is 1. The lowest BCUT2D eigenvalue weighted by Crippen LogP contribution is -2.56. The maximum absolute atomic E-state index is 12.7. The van der Waals surface area contributed by atoms with Gasteiger partial charge in [0.2, 0.25) is 0 Å². The van der Waals surface area contributed by atoms with Gasteiger partial charge >= 0.3 is 0 Å². The van der Waals surface area contributed by atoms with E-state index in [9.17, 15) is 13.2 Å². The van der Waals surface area contributed by atoms with Crippen LogP contribution in [0.15, 0.2) is 42.5 Å². The second-order valence-electron chi connectivity index (χ2n) is 6.58. The third kappa shape index (κ3) is 3.30. The van der Waals surface area contributed by atoms with E-state index in [0.717, 1.165) is 11.8 Å². The molecule has 0 spiro atoms. The predicted octanol–water partition coefficient (Wildman–Crippen LogP) is 1.60. The molecule has 1 aromatic rings. The Hall–Kier alpha value is -1.54. The maximum Gasteiger partial charge on any atom is 0.265 e. The van der Waals surface area contributed by atoms with Crippen molar-refractivity contribution in [3.05, 3.63) is 48.0 Å². The number of rotatable bonds is 4. The Morgan fingerprint density at radius 1 is 1.21 bits per heavy atom. The first-order valence-electron chi connectivity index (χ1n) is 7.64. The molecule has 0 radical (unpaired) electrons. The lowest BCUT2D eigenvalue weighted by Gasteiger charge is -2.36. The van der Waals surface area contributed by atoms with Crippen molar-refractivity contribution < 1.29 is 26.9 Å². The molecule has 0 unspecified atom stereocenters. The van der Waals surface area contributed by atoms with E-state index in [-0.39, 0.29) is 12.2 Å². The van der Waals surface area contributed by atoms with E-state index in [1.807, 2.05) is 30.3 Å². The van der Waals surface area contributed by atoms with Crippen LogP contribution in [0.2, 0.25) is 0 Å². The Bertz CT molecular complexity index is 768. The van der Waals surface area contributed by atoms with Gasteiger partial charge in [-0.15, -0.1) is 0 Å². The lowest BCUT2D eigenvalue weighted by atomic mass is 9.79. The van der Waals surface area contributed by atoms with Crippen molar-refractivity contribution in [2.45, 2.75) is 43.9 Å². The van der Waals surface area contributed by atoms with Gasteiger partial charge < -0.3 is 9.47 Å². The molecule has 1 heterocycles. The zero-order chi connectivity index (χ0) is 17.6. The molecule has 0 bridgehead atoms. The first kappa shape index (κ1) is 17.3. The highest BCUT2D eigenvalue weighted by Crippen LogP contribution is 2.44. The quantitative estimate of drug-likeness (QED) is 0.766. The van der Waals surface area contributed by atoms with Crippen LogP contribution in [0.5, 0.6) is 0 Å². The van der Waals surface area contributed by atoms with Gasteiger partial charge in [0.15, 0.2) is 17.2 Å². The van der Waals surface area contributed by atoms with Crippen molar-refractivity contribution in [1.82, 2.24) is 0 Å². The summed E-state index contributed by atoms with van der Waals surface area (Å²) in [5.41, 5.74) is -0.417. The molecule has 24 heavy (non-hydrogen) atoms. The molecule has 0 N–H and O–H groups in total. The average molecular weight is 352 g/mol. The molecule has 1 aromatic carbocycles. The summed E-state index contributed by atoms with van der Waals surface area (Å²) in [6.45, 7) is 3.39. The van der Waals surface area contributed by atoms with Crippen LogP contribution in [0.1, 0.15) is 19.4 Å². The summed E-state index contributed by atoms with van der Waals surface area (Å²) in [4.78, 5) is 12.7. The van der Waals surface area contributed by atoms with Crippen LogP contribution < -0.4 is 0 Å². The van der Waals surface area contributed by atoms with Gasteiger partial charge in [0.1, 0.15) is 12.2 Å². The second-order valence-corrected chi connectivity index (χ2v) is 8.18. The standard InChI is InChI=1S/C17H20O6S/c1-16(2)21-15-13(22-24(3,19)20)9-10-14(18)17(15,23-16)11-12-7-5-4-6-8-12/h4-10,13,15H,11H2,1-3H3/t13-,15+,17-/m1/s1. The molecule has 3 rings (SSSR count). The number of fused-ring (bicyclic) bond motifs is 1. The van der Waals surface area contributed by atoms with Crippen molar-refractivity contribution in [2.75, 3.05) is 6.26 Å². The van der Waals surface area contributed by atoms with E-state index >= 15 is 0 Å². The second kappa shape index (κ2) is 5.77. The number of hydrogen-bond acceptors (Lipinski definition) is 6. The molecule has 2 aliphatic rings. The minimum absolute atomic E-state index is 0.254. The lowest BCUT2D eigenvalue weighted by molar-refractivity contribution is -0.170. The zero-order valence-corrected chi connectivity index (χ0v) is 14.6. The fraction of sp³-hybridized carbons (Fsp3) is 0.471. The molecule has 1 aliphatic carbocycles. The van der Waals surface area contributed by atoms with Gasteiger partial charge in [-0.05, 0) is 31.6 Å². The summed E-state index contributed by atoms with van der Waals surface area (Å²) >= 11 is 0. The Labute approximate surface area is 141 Å². The number of hydrogen-bond donors (Lipinski definition) is 0. The first-order chi connectivity index (χ1) is 11.1. The molecular weight excluding hydrogens is 332 g/mol. The molecule has 0 amide bonds. The predicted molar refractivity (Wildman–Crippen MR) is 86.8 cm³/mol. The smallest absolute Gasteiger partial charge is 0.265 e. The number of ether oxygens (including phenoxy) is 2. The Morgan fingerprint density at radius 3 is 2.50 bits per heavy atom. The number of carbonyl (C=O) groups is 1. The van der Waals surface area contributed by atoms with E-state index in [1.165, 1.54) is 12.2 Å². The highest BCUT2D eigenvalue weighted by atomic mass is 32.2. The number of carbonyl (C=O) groups excluding carboxylic acids is 1.